The summed E-state index contributed by atoms with van der Waals surface area (Å²) in [6.45, 7) is 2.51. The van der Waals surface area contributed by atoms with E-state index in [4.69, 9.17) is 16.0 Å². The Morgan fingerprint density at radius 1 is 1.41 bits per heavy atom. The monoisotopic (exact) mass is 269 g/mol. The number of hydrogen-bond acceptors (Lipinski definition) is 5. The molecule has 1 N–H and O–H groups in total. The molecule has 0 aliphatic carbocycles. The molecule has 6 heteroatoms. The van der Waals surface area contributed by atoms with Crippen LogP contribution in [-0.4, -0.2) is 17.2 Å². The number of benzene rings is 1. The van der Waals surface area contributed by atoms with Crippen LogP contribution >= 0.6 is 23.4 Å². The average Bonchev–Trinajstić information content (AvgIpc) is 2.70. The van der Waals surface area contributed by atoms with Crippen LogP contribution in [0.4, 0.5) is 0 Å². The van der Waals surface area contributed by atoms with Crippen molar-refractivity contribution in [2.24, 2.45) is 0 Å². The van der Waals surface area contributed by atoms with Gasteiger partial charge in [-0.2, -0.15) is 0 Å². The van der Waals surface area contributed by atoms with Crippen LogP contribution in [0, 0.1) is 6.92 Å². The molecule has 0 unspecified atom stereocenters. The fourth-order valence-electron chi connectivity index (χ4n) is 1.40. The highest BCUT2D eigenvalue weighted by molar-refractivity contribution is 7.99. The van der Waals surface area contributed by atoms with E-state index in [2.05, 4.69) is 15.5 Å². The van der Waals surface area contributed by atoms with Crippen molar-refractivity contribution in [1.29, 1.82) is 0 Å². The van der Waals surface area contributed by atoms with Crippen molar-refractivity contribution in [3.05, 3.63) is 34.7 Å². The van der Waals surface area contributed by atoms with E-state index in [0.29, 0.717) is 16.1 Å². The Balaban J connectivity index is 2.30. The van der Waals surface area contributed by atoms with Gasteiger partial charge >= 0.3 is 0 Å². The third-order valence-electron chi connectivity index (χ3n) is 2.11. The Hall–Kier alpha value is -1.04. The highest BCUT2D eigenvalue weighted by atomic mass is 35.5. The number of nitrogens with one attached hydrogen (secondary N) is 1. The van der Waals surface area contributed by atoms with Crippen molar-refractivity contribution in [1.82, 2.24) is 15.5 Å². The Labute approximate surface area is 109 Å². The molecule has 2 rings (SSSR count). The molecule has 1 aromatic heterocycles. The molecule has 0 fully saturated rings. The van der Waals surface area contributed by atoms with Gasteiger partial charge in [-0.05, 0) is 30.4 Å². The summed E-state index contributed by atoms with van der Waals surface area (Å²) in [5.41, 5.74) is 1.11. The smallest absolute Gasteiger partial charge is 0.281 e. The summed E-state index contributed by atoms with van der Waals surface area (Å²) < 4.78 is 5.34. The van der Waals surface area contributed by atoms with Gasteiger partial charge < -0.3 is 9.73 Å². The second-order valence-corrected chi connectivity index (χ2v) is 4.82. The maximum absolute atomic E-state index is 6.18. The first-order valence-corrected chi connectivity index (χ1v) is 6.30. The summed E-state index contributed by atoms with van der Waals surface area (Å²) in [5.74, 6) is 0.551. The van der Waals surface area contributed by atoms with Crippen LogP contribution in [0.5, 0.6) is 0 Å². The molecule has 0 radical (unpaired) electrons. The SMILES string of the molecule is CNCc1cccc(Cl)c1Sc1nnc(C)o1. The molecular weight excluding hydrogens is 258 g/mol. The van der Waals surface area contributed by atoms with Gasteiger partial charge in [-0.25, -0.2) is 0 Å². The number of halogens is 1. The number of aromatic nitrogens is 2. The van der Waals surface area contributed by atoms with E-state index in [1.165, 1.54) is 11.8 Å². The Kier molecular flexibility index (Phi) is 4.04. The molecule has 90 valence electrons. The quantitative estimate of drug-likeness (QED) is 0.925. The summed E-state index contributed by atoms with van der Waals surface area (Å²) in [6.07, 6.45) is 0. The average molecular weight is 270 g/mol. The largest absolute Gasteiger partial charge is 0.416 e. The lowest BCUT2D eigenvalue weighted by Crippen LogP contribution is -2.06. The number of rotatable bonds is 4. The second kappa shape index (κ2) is 5.53. The van der Waals surface area contributed by atoms with Crippen molar-refractivity contribution >= 4 is 23.4 Å². The molecule has 0 aliphatic rings. The van der Waals surface area contributed by atoms with Gasteiger partial charge in [-0.1, -0.05) is 23.7 Å². The fourth-order valence-corrected chi connectivity index (χ4v) is 2.57. The van der Waals surface area contributed by atoms with E-state index in [0.717, 1.165) is 17.0 Å². The predicted octanol–water partition coefficient (Wildman–Crippen LogP) is 2.90. The van der Waals surface area contributed by atoms with Gasteiger partial charge in [0.2, 0.25) is 5.89 Å². The molecule has 0 spiro atoms. The first-order valence-electron chi connectivity index (χ1n) is 5.10. The van der Waals surface area contributed by atoms with E-state index < -0.39 is 0 Å². The summed E-state index contributed by atoms with van der Waals surface area (Å²) in [6, 6.07) is 5.80. The minimum Gasteiger partial charge on any atom is -0.416 e. The number of nitrogens with zero attached hydrogens (tertiary/aromatic N) is 2. The first kappa shape index (κ1) is 12.4. The molecule has 4 nitrogen and oxygen atoms in total. The van der Waals surface area contributed by atoms with Gasteiger partial charge in [-0.3, -0.25) is 0 Å². The van der Waals surface area contributed by atoms with Crippen LogP contribution in [-0.2, 0) is 6.54 Å². The van der Waals surface area contributed by atoms with Crippen molar-refractivity contribution < 1.29 is 4.42 Å². The van der Waals surface area contributed by atoms with E-state index in [9.17, 15) is 0 Å². The molecule has 0 atom stereocenters. The topological polar surface area (TPSA) is 51.0 Å². The Morgan fingerprint density at radius 2 is 2.24 bits per heavy atom. The molecule has 1 heterocycles. The lowest BCUT2D eigenvalue weighted by atomic mass is 10.2. The summed E-state index contributed by atoms with van der Waals surface area (Å²) in [5, 5.41) is 12.0. The van der Waals surface area contributed by atoms with Gasteiger partial charge in [0, 0.05) is 18.4 Å². The highest BCUT2D eigenvalue weighted by Crippen LogP contribution is 2.35. The Morgan fingerprint density at radius 3 is 2.88 bits per heavy atom. The molecule has 0 amide bonds. The van der Waals surface area contributed by atoms with Crippen molar-refractivity contribution in [2.45, 2.75) is 23.6 Å². The minimum absolute atomic E-state index is 0.507. The third-order valence-corrected chi connectivity index (χ3v) is 3.57. The van der Waals surface area contributed by atoms with Gasteiger partial charge in [-0.15, -0.1) is 10.2 Å². The van der Waals surface area contributed by atoms with Crippen LogP contribution < -0.4 is 5.32 Å². The Bertz CT molecular complexity index is 515. The molecule has 2 aromatic rings. The zero-order valence-electron chi connectivity index (χ0n) is 9.53. The van der Waals surface area contributed by atoms with Crippen LogP contribution in [0.2, 0.25) is 5.02 Å². The third kappa shape index (κ3) is 3.00. The number of aryl methyl sites for hydroxylation is 1. The highest BCUT2D eigenvalue weighted by Gasteiger charge is 2.12. The molecular formula is C11H12ClN3OS. The molecule has 0 aliphatic heterocycles. The van der Waals surface area contributed by atoms with Crippen LogP contribution in [0.25, 0.3) is 0 Å². The second-order valence-electron chi connectivity index (χ2n) is 3.45. The van der Waals surface area contributed by atoms with Gasteiger partial charge in [0.1, 0.15) is 0 Å². The number of hydrogen-bond donors (Lipinski definition) is 1. The lowest BCUT2D eigenvalue weighted by Gasteiger charge is -2.08. The maximum atomic E-state index is 6.18. The van der Waals surface area contributed by atoms with Crippen molar-refractivity contribution in [3.63, 3.8) is 0 Å². The lowest BCUT2D eigenvalue weighted by molar-refractivity contribution is 0.429. The van der Waals surface area contributed by atoms with Crippen LogP contribution in [0.15, 0.2) is 32.7 Å². The van der Waals surface area contributed by atoms with Crippen molar-refractivity contribution in [3.8, 4) is 0 Å². The van der Waals surface area contributed by atoms with E-state index in [1.54, 1.807) is 6.92 Å². The summed E-state index contributed by atoms with van der Waals surface area (Å²) in [4.78, 5) is 0.951. The zero-order chi connectivity index (χ0) is 12.3. The molecule has 1 aromatic carbocycles. The fraction of sp³-hybridized carbons (Fsp3) is 0.273. The van der Waals surface area contributed by atoms with Gasteiger partial charge in [0.05, 0.1) is 5.02 Å². The summed E-state index contributed by atoms with van der Waals surface area (Å²) >= 11 is 7.57. The maximum Gasteiger partial charge on any atom is 0.281 e. The van der Waals surface area contributed by atoms with E-state index in [-0.39, 0.29) is 0 Å². The van der Waals surface area contributed by atoms with Gasteiger partial charge in [0.15, 0.2) is 0 Å². The normalized spacial score (nSPS) is 10.8. The molecule has 0 saturated carbocycles. The molecule has 17 heavy (non-hydrogen) atoms. The van der Waals surface area contributed by atoms with E-state index in [1.807, 2.05) is 25.2 Å². The standard InChI is InChI=1S/C11H12ClN3OS/c1-7-14-15-11(16-7)17-10-8(6-13-2)4-3-5-9(10)12/h3-5,13H,6H2,1-2H3. The minimum atomic E-state index is 0.507. The van der Waals surface area contributed by atoms with E-state index >= 15 is 0 Å². The predicted molar refractivity (Wildman–Crippen MR) is 67.4 cm³/mol. The zero-order valence-corrected chi connectivity index (χ0v) is 11.1. The summed E-state index contributed by atoms with van der Waals surface area (Å²) in [7, 11) is 1.90. The molecule has 0 saturated heterocycles. The van der Waals surface area contributed by atoms with Crippen LogP contribution in [0.1, 0.15) is 11.5 Å². The first-order chi connectivity index (χ1) is 8.20. The van der Waals surface area contributed by atoms with Crippen LogP contribution in [0.3, 0.4) is 0 Å². The van der Waals surface area contributed by atoms with Gasteiger partial charge in [0.25, 0.3) is 5.22 Å². The van der Waals surface area contributed by atoms with Crippen molar-refractivity contribution in [2.75, 3.05) is 7.05 Å². The molecule has 0 bridgehead atoms.